The first-order valence-electron chi connectivity index (χ1n) is 13.3. The van der Waals surface area contributed by atoms with Crippen LogP contribution in [0.25, 0.3) is 89.7 Å². The van der Waals surface area contributed by atoms with E-state index in [0.29, 0.717) is 45.9 Å². The van der Waals surface area contributed by atoms with E-state index in [1.165, 1.54) is 0 Å². The summed E-state index contributed by atoms with van der Waals surface area (Å²) in [5, 5.41) is 3.82. The van der Waals surface area contributed by atoms with Crippen molar-refractivity contribution in [1.29, 1.82) is 0 Å². The van der Waals surface area contributed by atoms with Crippen molar-refractivity contribution in [3.63, 3.8) is 0 Å². The van der Waals surface area contributed by atoms with Gasteiger partial charge < -0.3 is 9.97 Å². The number of rotatable bonds is 0. The SMILES string of the molecule is [O]=[GaH].c1ccc2c(c1)-c1nc-2nc2[nH]c(nc3nc(nc4[nH]c(n1)c1ccccc41)-c1ccccc1-3)c1ccccc21. The van der Waals surface area contributed by atoms with E-state index in [0.717, 1.165) is 43.8 Å². The molecule has 3 aromatic heterocycles. The molecule has 0 fully saturated rings. The van der Waals surface area contributed by atoms with Crippen LogP contribution in [0.2, 0.25) is 0 Å². The topological polar surface area (TPSA) is 126 Å². The largest absolute Gasteiger partial charge is 0.324 e. The molecule has 8 bridgehead atoms. The first-order valence-corrected chi connectivity index (χ1v) is 14.5. The van der Waals surface area contributed by atoms with Gasteiger partial charge in [-0.3, -0.25) is 0 Å². The molecule has 10 heteroatoms. The van der Waals surface area contributed by atoms with Crippen LogP contribution < -0.4 is 0 Å². The van der Waals surface area contributed by atoms with Gasteiger partial charge in [-0.25, -0.2) is 29.9 Å². The van der Waals surface area contributed by atoms with Crippen LogP contribution in [0, 0.1) is 0 Å². The van der Waals surface area contributed by atoms with Crippen molar-refractivity contribution in [2.45, 2.75) is 0 Å². The minimum atomic E-state index is 0.125. The molecule has 0 atom stereocenters. The number of hydrogen-bond acceptors (Lipinski definition) is 7. The summed E-state index contributed by atoms with van der Waals surface area (Å²) in [6, 6.07) is 32.2. The smallest absolute Gasteiger partial charge is 0.164 e. The number of nitrogens with one attached hydrogen (secondary N) is 2. The Bertz CT molecular complexity index is 2060. The van der Waals surface area contributed by atoms with Crippen LogP contribution in [0.15, 0.2) is 97.1 Å². The van der Waals surface area contributed by atoms with Crippen LogP contribution in [0.3, 0.4) is 0 Å². The van der Waals surface area contributed by atoms with Crippen molar-refractivity contribution in [1.82, 2.24) is 39.9 Å². The van der Waals surface area contributed by atoms with Gasteiger partial charge in [-0.05, 0) is 0 Å². The van der Waals surface area contributed by atoms with Crippen LogP contribution in [0.1, 0.15) is 0 Å². The zero-order valence-corrected chi connectivity index (χ0v) is 25.0. The van der Waals surface area contributed by atoms with E-state index in [9.17, 15) is 0 Å². The molecule has 4 aromatic carbocycles. The molecule has 42 heavy (non-hydrogen) atoms. The molecule has 196 valence electrons. The summed E-state index contributed by atoms with van der Waals surface area (Å²) in [4.78, 5) is 36.8. The molecule has 2 N–H and O–H groups in total. The Morgan fingerprint density at radius 1 is 0.357 bits per heavy atom. The molecule has 0 spiro atoms. The number of aromatic amines is 2. The molecule has 9 rings (SSSR count). The second kappa shape index (κ2) is 9.65. The summed E-state index contributed by atoms with van der Waals surface area (Å²) in [6.45, 7) is 0. The summed E-state index contributed by atoms with van der Waals surface area (Å²) >= 11 is 0.125. The van der Waals surface area contributed by atoms with E-state index in [2.05, 4.69) is 9.97 Å². The van der Waals surface area contributed by atoms with Crippen LogP contribution in [-0.2, 0) is 3.54 Å². The van der Waals surface area contributed by atoms with Gasteiger partial charge in [0.05, 0.1) is 0 Å². The Kier molecular flexibility index (Phi) is 5.62. The zero-order chi connectivity index (χ0) is 28.2. The van der Waals surface area contributed by atoms with Crippen molar-refractivity contribution >= 4 is 62.7 Å². The molecule has 0 saturated heterocycles. The number of hydrogen-bond donors (Lipinski definition) is 2. The summed E-state index contributed by atoms with van der Waals surface area (Å²) < 4.78 is 8.38. The third-order valence-electron chi connectivity index (χ3n) is 7.46. The fourth-order valence-electron chi connectivity index (χ4n) is 5.59. The van der Waals surface area contributed by atoms with Gasteiger partial charge in [0.1, 0.15) is 22.6 Å². The second-order valence-electron chi connectivity index (χ2n) is 9.79. The van der Waals surface area contributed by atoms with Crippen LogP contribution in [0.5, 0.6) is 0 Å². The summed E-state index contributed by atoms with van der Waals surface area (Å²) in [7, 11) is 0. The summed E-state index contributed by atoms with van der Waals surface area (Å²) in [6.07, 6.45) is 0. The molecule has 0 radical (unpaired) electrons. The van der Waals surface area contributed by atoms with E-state index in [1.54, 1.807) is 0 Å². The van der Waals surface area contributed by atoms with E-state index < -0.39 is 0 Å². The predicted molar refractivity (Wildman–Crippen MR) is 164 cm³/mol. The third kappa shape index (κ3) is 3.73. The second-order valence-corrected chi connectivity index (χ2v) is 9.79. The molecule has 2 aliphatic heterocycles. The maximum absolute atomic E-state index is 8.38. The van der Waals surface area contributed by atoms with Gasteiger partial charge in [0.2, 0.25) is 0 Å². The Morgan fingerprint density at radius 3 is 0.857 bits per heavy atom. The fourth-order valence-corrected chi connectivity index (χ4v) is 5.59. The van der Waals surface area contributed by atoms with Gasteiger partial charge in [-0.2, -0.15) is 0 Å². The standard InChI is InChI=1S/C32H18N8.Ga.O.H/c1-2-10-18-17(9-1)25-33-26(18)38-28-21-13-5-6-14-22(21)30(35-28)40-32-24-16-8-7-15-23(24)31(36-32)39-29-20-12-4-3-11-19(20)27(34-29)37-25;;;/h1-16H,(H2,33,34,35,36,37,38,39,40);;;. The van der Waals surface area contributed by atoms with Crippen molar-refractivity contribution in [2.75, 3.05) is 0 Å². The van der Waals surface area contributed by atoms with Gasteiger partial charge in [-0.1, -0.05) is 97.1 Å². The fraction of sp³-hybridized carbons (Fsp3) is 0. The van der Waals surface area contributed by atoms with E-state index in [-0.39, 0.29) is 18.6 Å². The molecule has 2 aliphatic rings. The number of aromatic nitrogens is 8. The van der Waals surface area contributed by atoms with E-state index in [1.807, 2.05) is 97.1 Å². The maximum atomic E-state index is 8.38. The molecule has 7 aromatic rings. The normalized spacial score (nSPS) is 11.5. The van der Waals surface area contributed by atoms with Crippen molar-refractivity contribution in [3.8, 4) is 45.6 Å². The predicted octanol–water partition coefficient (Wildman–Crippen LogP) is 6.10. The molecule has 5 heterocycles. The van der Waals surface area contributed by atoms with Crippen molar-refractivity contribution in [3.05, 3.63) is 97.1 Å². The van der Waals surface area contributed by atoms with Gasteiger partial charge in [0.25, 0.3) is 0 Å². The Labute approximate surface area is 248 Å². The monoisotopic (exact) mass is 600 g/mol. The molecule has 0 amide bonds. The molecular weight excluding hydrogens is 582 g/mol. The third-order valence-corrected chi connectivity index (χ3v) is 7.46. The quantitative estimate of drug-likeness (QED) is 0.201. The number of benzene rings is 4. The molecule has 0 aliphatic carbocycles. The zero-order valence-electron chi connectivity index (χ0n) is 22.0. The molecule has 9 nitrogen and oxygen atoms in total. The average molecular weight is 601 g/mol. The molecular formula is C32H19GaN8O. The average Bonchev–Trinajstić information content (AvgIpc) is 3.78. The minimum Gasteiger partial charge on any atom is -0.324 e. The van der Waals surface area contributed by atoms with Gasteiger partial charge in [0, 0.05) is 43.8 Å². The first kappa shape index (κ1) is 24.5. The van der Waals surface area contributed by atoms with Crippen LogP contribution in [0.4, 0.5) is 0 Å². The maximum Gasteiger partial charge on any atom is 0.164 e. The van der Waals surface area contributed by atoms with E-state index in [4.69, 9.17) is 33.4 Å². The van der Waals surface area contributed by atoms with Gasteiger partial charge in [-0.15, -0.1) is 0 Å². The first-order chi connectivity index (χ1) is 20.8. The Morgan fingerprint density at radius 2 is 0.595 bits per heavy atom. The van der Waals surface area contributed by atoms with Crippen LogP contribution >= 0.6 is 0 Å². The van der Waals surface area contributed by atoms with Gasteiger partial charge in [0.15, 0.2) is 23.3 Å². The molecule has 0 unspecified atom stereocenters. The minimum absolute atomic E-state index is 0.125. The summed E-state index contributed by atoms with van der Waals surface area (Å²) in [5.74, 6) is 2.39. The molecule has 0 saturated carbocycles. The van der Waals surface area contributed by atoms with Gasteiger partial charge >= 0.3 is 22.1 Å². The van der Waals surface area contributed by atoms with Crippen LogP contribution in [-0.4, -0.2) is 58.4 Å². The van der Waals surface area contributed by atoms with E-state index >= 15 is 0 Å². The Hall–Kier alpha value is -5.32. The Balaban J connectivity index is 0.00000131. The summed E-state index contributed by atoms with van der Waals surface area (Å²) in [5.41, 5.74) is 6.45. The number of nitrogens with zero attached hydrogens (tertiary/aromatic N) is 6. The van der Waals surface area contributed by atoms with Crippen molar-refractivity contribution < 1.29 is 3.54 Å². The number of fused-ring (bicyclic) bond motifs is 20. The number of H-pyrrole nitrogens is 2. The van der Waals surface area contributed by atoms with Crippen molar-refractivity contribution in [2.24, 2.45) is 0 Å².